The molecule has 0 spiro atoms. The highest BCUT2D eigenvalue weighted by Gasteiger charge is 2.34. The minimum Gasteiger partial charge on any atom is -0.480 e. The van der Waals surface area contributed by atoms with Crippen LogP contribution >= 0.6 is 19.2 Å². The fourth-order valence-electron chi connectivity index (χ4n) is 2.27. The summed E-state index contributed by atoms with van der Waals surface area (Å²) in [4.78, 5) is 11.4. The van der Waals surface area contributed by atoms with Gasteiger partial charge in [-0.3, -0.25) is 4.57 Å². The smallest absolute Gasteiger partial charge is 0.420 e. The third kappa shape index (κ3) is 6.27. The summed E-state index contributed by atoms with van der Waals surface area (Å²) in [5.74, 6) is -0.0909. The molecule has 0 fully saturated rings. The van der Waals surface area contributed by atoms with Gasteiger partial charge >= 0.3 is 13.8 Å². The SMILES string of the molecule is CCOP(=O)(Cc1ccc(Nc2ncc(C(F)(F)F)c(Cl)n2)c(OC)n1)OCC. The fraction of sp³-hybridized carbons (Fsp3) is 0.438. The summed E-state index contributed by atoms with van der Waals surface area (Å²) in [6.45, 7) is 3.81. The standard InChI is InChI=1S/C16H19ClF3N4O4P/c1-4-27-29(25,28-5-2)9-10-6-7-12(14(22-10)26-3)23-15-21-8-11(13(17)24-15)16(18,19)20/h6-8H,4-5,9H2,1-3H3,(H,21,23,24). The fourth-order valence-corrected chi connectivity index (χ4v) is 4.12. The highest BCUT2D eigenvalue weighted by molar-refractivity contribution is 7.53. The zero-order valence-electron chi connectivity index (χ0n) is 15.8. The number of nitrogens with one attached hydrogen (secondary N) is 1. The molecule has 2 aromatic heterocycles. The van der Waals surface area contributed by atoms with Gasteiger partial charge in [0.1, 0.15) is 16.4 Å². The Kier molecular flexibility index (Phi) is 7.81. The van der Waals surface area contributed by atoms with Gasteiger partial charge in [-0.1, -0.05) is 11.6 Å². The number of rotatable bonds is 9. The maximum atomic E-state index is 12.8. The quantitative estimate of drug-likeness (QED) is 0.415. The third-order valence-electron chi connectivity index (χ3n) is 3.41. The van der Waals surface area contributed by atoms with Crippen molar-refractivity contribution in [3.05, 3.63) is 34.7 Å². The molecule has 0 bridgehead atoms. The van der Waals surface area contributed by atoms with E-state index in [-0.39, 0.29) is 36.9 Å². The number of hydrogen-bond donors (Lipinski definition) is 1. The van der Waals surface area contributed by atoms with Crippen LogP contribution in [0.4, 0.5) is 24.8 Å². The molecule has 0 aliphatic rings. The van der Waals surface area contributed by atoms with E-state index in [1.54, 1.807) is 19.9 Å². The molecule has 0 unspecified atom stereocenters. The van der Waals surface area contributed by atoms with Crippen LogP contribution in [-0.2, 0) is 26.0 Å². The van der Waals surface area contributed by atoms with Crippen molar-refractivity contribution in [2.24, 2.45) is 0 Å². The van der Waals surface area contributed by atoms with Crippen LogP contribution in [0.2, 0.25) is 5.15 Å². The first-order valence-electron chi connectivity index (χ1n) is 8.40. The molecule has 13 heteroatoms. The van der Waals surface area contributed by atoms with Gasteiger partial charge in [-0.25, -0.2) is 15.0 Å². The van der Waals surface area contributed by atoms with Crippen molar-refractivity contribution >= 4 is 30.8 Å². The Morgan fingerprint density at radius 1 is 1.17 bits per heavy atom. The lowest BCUT2D eigenvalue weighted by molar-refractivity contribution is -0.137. The van der Waals surface area contributed by atoms with Crippen LogP contribution in [0.15, 0.2) is 18.3 Å². The first-order valence-corrected chi connectivity index (χ1v) is 10.5. The summed E-state index contributed by atoms with van der Waals surface area (Å²) in [5.41, 5.74) is -0.494. The van der Waals surface area contributed by atoms with Crippen molar-refractivity contribution in [2.75, 3.05) is 25.6 Å². The van der Waals surface area contributed by atoms with Gasteiger partial charge in [0, 0.05) is 6.20 Å². The molecular weight excluding hydrogens is 436 g/mol. The number of ether oxygens (including phenoxy) is 1. The van der Waals surface area contributed by atoms with Gasteiger partial charge in [-0.15, -0.1) is 0 Å². The molecule has 0 aliphatic heterocycles. The van der Waals surface area contributed by atoms with E-state index in [4.69, 9.17) is 25.4 Å². The van der Waals surface area contributed by atoms with Crippen LogP contribution in [0, 0.1) is 0 Å². The van der Waals surface area contributed by atoms with E-state index in [2.05, 4.69) is 20.3 Å². The Balaban J connectivity index is 2.25. The largest absolute Gasteiger partial charge is 0.480 e. The zero-order chi connectivity index (χ0) is 21.7. The summed E-state index contributed by atoms with van der Waals surface area (Å²) in [6, 6.07) is 3.07. The Bertz CT molecular complexity index is 891. The summed E-state index contributed by atoms with van der Waals surface area (Å²) in [7, 11) is -2.02. The summed E-state index contributed by atoms with van der Waals surface area (Å²) < 4.78 is 66.6. The second-order valence-corrected chi connectivity index (χ2v) is 7.90. The maximum Gasteiger partial charge on any atom is 0.420 e. The summed E-state index contributed by atoms with van der Waals surface area (Å²) >= 11 is 5.59. The van der Waals surface area contributed by atoms with Crippen molar-refractivity contribution in [2.45, 2.75) is 26.2 Å². The first-order chi connectivity index (χ1) is 13.6. The van der Waals surface area contributed by atoms with E-state index in [1.165, 1.54) is 13.2 Å². The molecule has 0 aromatic carbocycles. The van der Waals surface area contributed by atoms with Gasteiger partial charge < -0.3 is 19.1 Å². The van der Waals surface area contributed by atoms with Crippen molar-refractivity contribution in [3.63, 3.8) is 0 Å². The van der Waals surface area contributed by atoms with Crippen molar-refractivity contribution in [1.29, 1.82) is 0 Å². The van der Waals surface area contributed by atoms with Crippen LogP contribution in [0.5, 0.6) is 5.88 Å². The molecule has 8 nitrogen and oxygen atoms in total. The van der Waals surface area contributed by atoms with Gasteiger partial charge in [-0.2, -0.15) is 13.2 Å². The summed E-state index contributed by atoms with van der Waals surface area (Å²) in [6.07, 6.45) is -4.16. The van der Waals surface area contributed by atoms with Gasteiger partial charge in [-0.05, 0) is 26.0 Å². The van der Waals surface area contributed by atoms with Crippen LogP contribution in [0.1, 0.15) is 25.1 Å². The topological polar surface area (TPSA) is 95.5 Å². The molecule has 160 valence electrons. The number of alkyl halides is 3. The number of hydrogen-bond acceptors (Lipinski definition) is 8. The second kappa shape index (κ2) is 9.71. The van der Waals surface area contributed by atoms with Crippen LogP contribution in [0.3, 0.4) is 0 Å². The lowest BCUT2D eigenvalue weighted by atomic mass is 10.3. The predicted octanol–water partition coefficient (Wildman–Crippen LogP) is 5.06. The Hall–Kier alpha value is -1.94. The molecule has 0 amide bonds. The molecule has 0 radical (unpaired) electrons. The van der Waals surface area contributed by atoms with Gasteiger partial charge in [0.25, 0.3) is 0 Å². The monoisotopic (exact) mass is 454 g/mol. The number of anilines is 2. The Labute approximate surface area is 170 Å². The van der Waals surface area contributed by atoms with Crippen LogP contribution in [-0.4, -0.2) is 35.3 Å². The van der Waals surface area contributed by atoms with Crippen molar-refractivity contribution in [3.8, 4) is 5.88 Å². The molecule has 0 saturated heterocycles. The van der Waals surface area contributed by atoms with Gasteiger partial charge in [0.2, 0.25) is 11.8 Å². The number of pyridine rings is 1. The molecule has 29 heavy (non-hydrogen) atoms. The molecule has 1 N–H and O–H groups in total. The first kappa shape index (κ1) is 23.3. The van der Waals surface area contributed by atoms with Crippen molar-refractivity contribution < 1.29 is 31.5 Å². The van der Waals surface area contributed by atoms with E-state index in [1.807, 2.05) is 0 Å². The van der Waals surface area contributed by atoms with Gasteiger partial charge in [0.05, 0.1) is 32.2 Å². The average molecular weight is 455 g/mol. The number of aromatic nitrogens is 3. The van der Waals surface area contributed by atoms with E-state index in [0.29, 0.717) is 11.9 Å². The van der Waals surface area contributed by atoms with Crippen LogP contribution < -0.4 is 10.1 Å². The van der Waals surface area contributed by atoms with Gasteiger partial charge in [0.15, 0.2) is 0 Å². The van der Waals surface area contributed by atoms with E-state index in [0.717, 1.165) is 0 Å². The highest BCUT2D eigenvalue weighted by atomic mass is 35.5. The molecule has 0 saturated carbocycles. The van der Waals surface area contributed by atoms with E-state index >= 15 is 0 Å². The maximum absolute atomic E-state index is 12.8. The predicted molar refractivity (Wildman–Crippen MR) is 101 cm³/mol. The second-order valence-electron chi connectivity index (χ2n) is 5.48. The average Bonchev–Trinajstić information content (AvgIpc) is 2.62. The highest BCUT2D eigenvalue weighted by Crippen LogP contribution is 2.51. The number of halogens is 4. The zero-order valence-corrected chi connectivity index (χ0v) is 17.4. The Morgan fingerprint density at radius 2 is 1.83 bits per heavy atom. The molecule has 0 atom stereocenters. The minimum atomic E-state index is -4.66. The van der Waals surface area contributed by atoms with E-state index in [9.17, 15) is 17.7 Å². The normalized spacial score (nSPS) is 12.1. The van der Waals surface area contributed by atoms with Crippen molar-refractivity contribution in [1.82, 2.24) is 15.0 Å². The lowest BCUT2D eigenvalue weighted by Crippen LogP contribution is -2.09. The number of nitrogens with zero attached hydrogens (tertiary/aromatic N) is 3. The summed E-state index contributed by atoms with van der Waals surface area (Å²) in [5, 5.41) is 1.95. The number of methoxy groups -OCH3 is 1. The molecular formula is C16H19ClF3N4O4P. The molecule has 2 heterocycles. The lowest BCUT2D eigenvalue weighted by Gasteiger charge is -2.17. The molecule has 0 aliphatic carbocycles. The van der Waals surface area contributed by atoms with Crippen LogP contribution in [0.25, 0.3) is 0 Å². The molecule has 2 aromatic rings. The Morgan fingerprint density at radius 3 is 2.34 bits per heavy atom. The minimum absolute atomic E-state index is 0.0755. The van der Waals surface area contributed by atoms with E-state index < -0.39 is 24.5 Å². The molecule has 2 rings (SSSR count). The third-order valence-corrected chi connectivity index (χ3v) is 5.72.